The highest BCUT2D eigenvalue weighted by Gasteiger charge is 2.47. The minimum atomic E-state index is -0.274. The van der Waals surface area contributed by atoms with Crippen LogP contribution in [0.3, 0.4) is 0 Å². The zero-order valence-electron chi connectivity index (χ0n) is 13.8. The van der Waals surface area contributed by atoms with Crippen molar-refractivity contribution >= 4 is 11.8 Å². The van der Waals surface area contributed by atoms with Crippen molar-refractivity contribution in [2.45, 2.75) is 63.5 Å². The third-order valence-electron chi connectivity index (χ3n) is 5.67. The Bertz CT molecular complexity index is 441. The zero-order chi connectivity index (χ0) is 15.7. The second-order valence-electron chi connectivity index (χ2n) is 7.21. The lowest BCUT2D eigenvalue weighted by molar-refractivity contribution is -0.156. The van der Waals surface area contributed by atoms with Crippen molar-refractivity contribution in [1.82, 2.24) is 9.80 Å². The van der Waals surface area contributed by atoms with Crippen molar-refractivity contribution in [1.29, 1.82) is 0 Å². The number of piperazine rings is 1. The van der Waals surface area contributed by atoms with E-state index in [1.54, 1.807) is 14.0 Å². The first-order chi connectivity index (χ1) is 10.6. The molecule has 0 aromatic heterocycles. The number of carbonyl (C=O) groups is 2. The van der Waals surface area contributed by atoms with Gasteiger partial charge in [-0.05, 0) is 31.6 Å². The van der Waals surface area contributed by atoms with Gasteiger partial charge < -0.3 is 14.5 Å². The molecule has 5 nitrogen and oxygen atoms in total. The summed E-state index contributed by atoms with van der Waals surface area (Å²) >= 11 is 0. The van der Waals surface area contributed by atoms with Gasteiger partial charge in [0.1, 0.15) is 6.10 Å². The number of amides is 2. The van der Waals surface area contributed by atoms with Gasteiger partial charge in [-0.1, -0.05) is 19.3 Å². The molecule has 2 saturated carbocycles. The fourth-order valence-electron chi connectivity index (χ4n) is 4.37. The average molecular weight is 308 g/mol. The molecule has 1 saturated heterocycles. The van der Waals surface area contributed by atoms with E-state index in [0.717, 1.165) is 38.5 Å². The standard InChI is InChI=1S/C17H28N2O3/c1-13(20)19-11-10-18(12-17(19)8-4-3-5-9-17)16(21)15(22-2)14-6-7-14/h14-15H,3-12H2,1-2H3/t15-/m1/s1. The second-order valence-corrected chi connectivity index (χ2v) is 7.21. The van der Waals surface area contributed by atoms with Crippen molar-refractivity contribution < 1.29 is 14.3 Å². The summed E-state index contributed by atoms with van der Waals surface area (Å²) in [5.74, 6) is 0.697. The van der Waals surface area contributed by atoms with Crippen molar-refractivity contribution in [3.8, 4) is 0 Å². The van der Waals surface area contributed by atoms with E-state index in [1.807, 2.05) is 9.80 Å². The Kier molecular flexibility index (Phi) is 4.44. The monoisotopic (exact) mass is 308 g/mol. The summed E-state index contributed by atoms with van der Waals surface area (Å²) < 4.78 is 5.47. The van der Waals surface area contributed by atoms with Gasteiger partial charge in [0, 0.05) is 33.7 Å². The highest BCUT2D eigenvalue weighted by Crippen LogP contribution is 2.39. The molecular formula is C17H28N2O3. The molecule has 5 heteroatoms. The maximum Gasteiger partial charge on any atom is 0.252 e. The molecule has 1 atom stereocenters. The van der Waals surface area contributed by atoms with Gasteiger partial charge in [-0.3, -0.25) is 9.59 Å². The van der Waals surface area contributed by atoms with E-state index in [-0.39, 0.29) is 23.5 Å². The van der Waals surface area contributed by atoms with Crippen molar-refractivity contribution in [2.75, 3.05) is 26.7 Å². The van der Waals surface area contributed by atoms with Crippen LogP contribution in [0.4, 0.5) is 0 Å². The summed E-state index contributed by atoms with van der Waals surface area (Å²) in [6.45, 7) is 3.67. The largest absolute Gasteiger partial charge is 0.371 e. The zero-order valence-corrected chi connectivity index (χ0v) is 13.8. The minimum absolute atomic E-state index is 0.125. The molecule has 3 aliphatic rings. The Balaban J connectivity index is 1.75. The molecule has 0 aromatic rings. The van der Waals surface area contributed by atoms with E-state index in [2.05, 4.69) is 0 Å². The SMILES string of the molecule is CO[C@@H](C(=O)N1CCN(C(C)=O)C2(CCCCC2)C1)C1CC1. The van der Waals surface area contributed by atoms with E-state index in [1.165, 1.54) is 6.42 Å². The molecule has 2 aliphatic carbocycles. The molecule has 1 heterocycles. The van der Waals surface area contributed by atoms with Gasteiger partial charge in [-0.2, -0.15) is 0 Å². The maximum atomic E-state index is 12.8. The lowest BCUT2D eigenvalue weighted by Crippen LogP contribution is -2.66. The number of carbonyl (C=O) groups excluding carboxylic acids is 2. The Hall–Kier alpha value is -1.10. The summed E-state index contributed by atoms with van der Waals surface area (Å²) in [5, 5.41) is 0. The molecule has 1 spiro atoms. The van der Waals surface area contributed by atoms with Gasteiger partial charge in [0.05, 0.1) is 5.54 Å². The first-order valence-corrected chi connectivity index (χ1v) is 8.67. The quantitative estimate of drug-likeness (QED) is 0.799. The number of nitrogens with zero attached hydrogens (tertiary/aromatic N) is 2. The Morgan fingerprint density at radius 2 is 1.82 bits per heavy atom. The van der Waals surface area contributed by atoms with Crippen LogP contribution in [0.25, 0.3) is 0 Å². The highest BCUT2D eigenvalue weighted by molar-refractivity contribution is 5.82. The summed E-state index contributed by atoms with van der Waals surface area (Å²) in [7, 11) is 1.64. The Morgan fingerprint density at radius 3 is 2.36 bits per heavy atom. The summed E-state index contributed by atoms with van der Waals surface area (Å²) in [4.78, 5) is 28.9. The van der Waals surface area contributed by atoms with Crippen molar-refractivity contribution in [2.24, 2.45) is 5.92 Å². The number of rotatable bonds is 3. The fourth-order valence-corrected chi connectivity index (χ4v) is 4.37. The van der Waals surface area contributed by atoms with Crippen LogP contribution in [-0.2, 0) is 14.3 Å². The molecule has 1 aliphatic heterocycles. The molecule has 3 fully saturated rings. The second kappa shape index (κ2) is 6.19. The smallest absolute Gasteiger partial charge is 0.252 e. The predicted octanol–water partition coefficient (Wildman–Crippen LogP) is 1.80. The summed E-state index contributed by atoms with van der Waals surface area (Å²) in [5.41, 5.74) is -0.125. The first-order valence-electron chi connectivity index (χ1n) is 8.67. The van der Waals surface area contributed by atoms with E-state index >= 15 is 0 Å². The topological polar surface area (TPSA) is 49.9 Å². The minimum Gasteiger partial charge on any atom is -0.371 e. The molecule has 0 bridgehead atoms. The molecule has 3 rings (SSSR count). The highest BCUT2D eigenvalue weighted by atomic mass is 16.5. The van der Waals surface area contributed by atoms with Crippen LogP contribution in [0, 0.1) is 5.92 Å². The van der Waals surface area contributed by atoms with E-state index in [0.29, 0.717) is 25.6 Å². The van der Waals surface area contributed by atoms with E-state index < -0.39 is 0 Å². The van der Waals surface area contributed by atoms with Gasteiger partial charge in [-0.25, -0.2) is 0 Å². The molecule has 0 unspecified atom stereocenters. The molecule has 0 N–H and O–H groups in total. The van der Waals surface area contributed by atoms with Crippen LogP contribution in [0.2, 0.25) is 0 Å². The molecular weight excluding hydrogens is 280 g/mol. The van der Waals surface area contributed by atoms with Crippen molar-refractivity contribution in [3.63, 3.8) is 0 Å². The van der Waals surface area contributed by atoms with E-state index in [4.69, 9.17) is 4.74 Å². The molecule has 0 aromatic carbocycles. The number of hydrogen-bond acceptors (Lipinski definition) is 3. The van der Waals surface area contributed by atoms with Gasteiger partial charge >= 0.3 is 0 Å². The molecule has 124 valence electrons. The summed E-state index contributed by atoms with van der Waals surface area (Å²) in [6.07, 6.45) is 7.53. The van der Waals surface area contributed by atoms with Crippen LogP contribution >= 0.6 is 0 Å². The predicted molar refractivity (Wildman–Crippen MR) is 83.3 cm³/mol. The fraction of sp³-hybridized carbons (Fsp3) is 0.882. The number of methoxy groups -OCH3 is 1. The third kappa shape index (κ3) is 2.87. The number of ether oxygens (including phenoxy) is 1. The van der Waals surface area contributed by atoms with Crippen LogP contribution in [0.1, 0.15) is 51.9 Å². The Labute approximate surface area is 133 Å². The molecule has 0 radical (unpaired) electrons. The van der Waals surface area contributed by atoms with Crippen LogP contribution < -0.4 is 0 Å². The van der Waals surface area contributed by atoms with Crippen LogP contribution in [0.15, 0.2) is 0 Å². The third-order valence-corrected chi connectivity index (χ3v) is 5.67. The average Bonchev–Trinajstić information content (AvgIpc) is 3.33. The van der Waals surface area contributed by atoms with Gasteiger partial charge in [0.15, 0.2) is 0 Å². The van der Waals surface area contributed by atoms with Crippen molar-refractivity contribution in [3.05, 3.63) is 0 Å². The van der Waals surface area contributed by atoms with Gasteiger partial charge in [0.2, 0.25) is 5.91 Å². The van der Waals surface area contributed by atoms with Crippen LogP contribution in [0.5, 0.6) is 0 Å². The normalized spacial score (nSPS) is 26.1. The van der Waals surface area contributed by atoms with Gasteiger partial charge in [-0.15, -0.1) is 0 Å². The van der Waals surface area contributed by atoms with Crippen LogP contribution in [-0.4, -0.2) is 60.0 Å². The maximum absolute atomic E-state index is 12.8. The molecule has 22 heavy (non-hydrogen) atoms. The first kappa shape index (κ1) is 15.8. The van der Waals surface area contributed by atoms with Gasteiger partial charge in [0.25, 0.3) is 5.91 Å². The lowest BCUT2D eigenvalue weighted by Gasteiger charge is -2.53. The molecule has 2 amide bonds. The summed E-state index contributed by atoms with van der Waals surface area (Å²) in [6, 6.07) is 0. The number of hydrogen-bond donors (Lipinski definition) is 0. The lowest BCUT2D eigenvalue weighted by atomic mass is 9.78. The van der Waals surface area contributed by atoms with E-state index in [9.17, 15) is 9.59 Å². The Morgan fingerprint density at radius 1 is 1.14 bits per heavy atom.